The van der Waals surface area contributed by atoms with Gasteiger partial charge in [0.1, 0.15) is 0 Å². The number of guanidine groups is 1. The first-order valence-electron chi connectivity index (χ1n) is 8.21. The third-order valence-corrected chi connectivity index (χ3v) is 3.78. The van der Waals surface area contributed by atoms with E-state index in [0.29, 0.717) is 12.0 Å². The van der Waals surface area contributed by atoms with E-state index in [1.807, 2.05) is 7.05 Å². The third-order valence-electron chi connectivity index (χ3n) is 3.78. The molecule has 0 aliphatic heterocycles. The molecule has 0 radical (unpaired) electrons. The largest absolute Gasteiger partial charge is 0.356 e. The van der Waals surface area contributed by atoms with Crippen molar-refractivity contribution in [3.8, 4) is 0 Å². The van der Waals surface area contributed by atoms with Gasteiger partial charge in [-0.2, -0.15) is 0 Å². The molecule has 0 spiro atoms. The van der Waals surface area contributed by atoms with E-state index in [1.54, 1.807) is 0 Å². The summed E-state index contributed by atoms with van der Waals surface area (Å²) in [5.74, 6) is 1.51. The van der Waals surface area contributed by atoms with Crippen molar-refractivity contribution in [3.63, 3.8) is 0 Å². The molecule has 124 valence electrons. The van der Waals surface area contributed by atoms with E-state index in [1.165, 1.54) is 5.56 Å². The van der Waals surface area contributed by atoms with Crippen molar-refractivity contribution in [2.24, 2.45) is 10.9 Å². The molecular weight excluding hydrogens is 272 g/mol. The van der Waals surface area contributed by atoms with Crippen LogP contribution in [0.2, 0.25) is 0 Å². The quantitative estimate of drug-likeness (QED) is 0.573. The minimum absolute atomic E-state index is 0.524. The Hall–Kier alpha value is -1.55. The molecule has 1 aromatic carbocycles. The number of nitrogens with one attached hydrogen (secondary N) is 2. The SMILES string of the molecule is CN=C(NCCC(C)N(C)Cc1ccccc1)NCC(C)C. The molecule has 1 aromatic rings. The van der Waals surface area contributed by atoms with E-state index in [4.69, 9.17) is 0 Å². The molecule has 0 saturated carbocycles. The molecule has 1 atom stereocenters. The fourth-order valence-corrected chi connectivity index (χ4v) is 2.17. The molecule has 0 bridgehead atoms. The van der Waals surface area contributed by atoms with Gasteiger partial charge in [-0.3, -0.25) is 9.89 Å². The van der Waals surface area contributed by atoms with Crippen LogP contribution in [0.15, 0.2) is 35.3 Å². The first kappa shape index (κ1) is 18.5. The monoisotopic (exact) mass is 304 g/mol. The fourth-order valence-electron chi connectivity index (χ4n) is 2.17. The maximum Gasteiger partial charge on any atom is 0.190 e. The van der Waals surface area contributed by atoms with E-state index in [0.717, 1.165) is 32.0 Å². The minimum atomic E-state index is 0.524. The number of rotatable bonds is 8. The van der Waals surface area contributed by atoms with Crippen molar-refractivity contribution in [3.05, 3.63) is 35.9 Å². The Labute approximate surface area is 136 Å². The second-order valence-electron chi connectivity index (χ2n) is 6.31. The minimum Gasteiger partial charge on any atom is -0.356 e. The zero-order chi connectivity index (χ0) is 16.4. The second kappa shape index (κ2) is 10.2. The van der Waals surface area contributed by atoms with Crippen LogP contribution in [0, 0.1) is 5.92 Å². The standard InChI is InChI=1S/C18H32N4/c1-15(2)13-21-18(19-4)20-12-11-16(3)22(5)14-17-9-7-6-8-10-17/h6-10,15-16H,11-14H2,1-5H3,(H2,19,20,21). The zero-order valence-electron chi connectivity index (χ0n) is 14.8. The van der Waals surface area contributed by atoms with E-state index in [2.05, 4.69) is 78.7 Å². The Bertz CT molecular complexity index is 428. The molecule has 0 fully saturated rings. The maximum atomic E-state index is 4.25. The van der Waals surface area contributed by atoms with Crippen LogP contribution in [0.5, 0.6) is 0 Å². The van der Waals surface area contributed by atoms with Gasteiger partial charge >= 0.3 is 0 Å². The molecule has 22 heavy (non-hydrogen) atoms. The number of aliphatic imine (C=N–C) groups is 1. The Morgan fingerprint density at radius 2 is 1.82 bits per heavy atom. The summed E-state index contributed by atoms with van der Waals surface area (Å²) in [5, 5.41) is 6.72. The van der Waals surface area contributed by atoms with Crippen LogP contribution in [-0.4, -0.2) is 44.1 Å². The van der Waals surface area contributed by atoms with Crippen LogP contribution < -0.4 is 10.6 Å². The predicted molar refractivity (Wildman–Crippen MR) is 96.2 cm³/mol. The number of hydrogen-bond acceptors (Lipinski definition) is 2. The summed E-state index contributed by atoms with van der Waals surface area (Å²) in [6.45, 7) is 9.53. The van der Waals surface area contributed by atoms with E-state index < -0.39 is 0 Å². The molecule has 0 aliphatic rings. The summed E-state index contributed by atoms with van der Waals surface area (Å²) < 4.78 is 0. The molecule has 2 N–H and O–H groups in total. The van der Waals surface area contributed by atoms with Crippen LogP contribution in [0.3, 0.4) is 0 Å². The average Bonchev–Trinajstić information content (AvgIpc) is 2.51. The van der Waals surface area contributed by atoms with Crippen molar-refractivity contribution in [2.45, 2.75) is 39.8 Å². The van der Waals surface area contributed by atoms with Gasteiger partial charge in [-0.15, -0.1) is 0 Å². The van der Waals surface area contributed by atoms with Gasteiger partial charge in [-0.05, 0) is 31.9 Å². The summed E-state index contributed by atoms with van der Waals surface area (Å²) in [6, 6.07) is 11.1. The van der Waals surface area contributed by atoms with Gasteiger partial charge in [0.05, 0.1) is 0 Å². The normalized spacial score (nSPS) is 13.5. The van der Waals surface area contributed by atoms with Crippen molar-refractivity contribution < 1.29 is 0 Å². The van der Waals surface area contributed by atoms with Crippen molar-refractivity contribution >= 4 is 5.96 Å². The van der Waals surface area contributed by atoms with Crippen LogP contribution in [0.25, 0.3) is 0 Å². The van der Waals surface area contributed by atoms with Crippen LogP contribution in [-0.2, 0) is 6.54 Å². The molecule has 4 nitrogen and oxygen atoms in total. The smallest absolute Gasteiger partial charge is 0.190 e. The van der Waals surface area contributed by atoms with Gasteiger partial charge in [-0.1, -0.05) is 44.2 Å². The lowest BCUT2D eigenvalue weighted by Crippen LogP contribution is -2.41. The van der Waals surface area contributed by atoms with E-state index in [-0.39, 0.29) is 0 Å². The van der Waals surface area contributed by atoms with Crippen molar-refractivity contribution in [2.75, 3.05) is 27.2 Å². The van der Waals surface area contributed by atoms with Crippen molar-refractivity contribution in [1.29, 1.82) is 0 Å². The summed E-state index contributed by atoms with van der Waals surface area (Å²) in [7, 11) is 4.00. The highest BCUT2D eigenvalue weighted by Crippen LogP contribution is 2.07. The van der Waals surface area contributed by atoms with Gasteiger partial charge < -0.3 is 10.6 Å². The van der Waals surface area contributed by atoms with Gasteiger partial charge in [0, 0.05) is 32.7 Å². The van der Waals surface area contributed by atoms with Crippen LogP contribution in [0.4, 0.5) is 0 Å². The highest BCUT2D eigenvalue weighted by Gasteiger charge is 2.09. The number of hydrogen-bond donors (Lipinski definition) is 2. The highest BCUT2D eigenvalue weighted by molar-refractivity contribution is 5.79. The lowest BCUT2D eigenvalue weighted by atomic mass is 10.1. The van der Waals surface area contributed by atoms with Crippen LogP contribution in [0.1, 0.15) is 32.8 Å². The van der Waals surface area contributed by atoms with Gasteiger partial charge in [0.2, 0.25) is 0 Å². The second-order valence-corrected chi connectivity index (χ2v) is 6.31. The Kier molecular flexibility index (Phi) is 8.60. The Morgan fingerprint density at radius 3 is 2.41 bits per heavy atom. The molecule has 0 saturated heterocycles. The zero-order valence-corrected chi connectivity index (χ0v) is 14.8. The molecule has 0 amide bonds. The van der Waals surface area contributed by atoms with Gasteiger partial charge in [0.25, 0.3) is 0 Å². The van der Waals surface area contributed by atoms with Gasteiger partial charge in [0.15, 0.2) is 5.96 Å². The maximum absolute atomic E-state index is 4.25. The predicted octanol–water partition coefficient (Wildman–Crippen LogP) is 2.72. The number of nitrogens with zero attached hydrogens (tertiary/aromatic N) is 2. The summed E-state index contributed by atoms with van der Waals surface area (Å²) in [4.78, 5) is 6.64. The third kappa shape index (κ3) is 7.46. The molecule has 0 aromatic heterocycles. The molecule has 1 rings (SSSR count). The average molecular weight is 304 g/mol. The number of benzene rings is 1. The van der Waals surface area contributed by atoms with E-state index in [9.17, 15) is 0 Å². The highest BCUT2D eigenvalue weighted by atomic mass is 15.2. The molecule has 1 unspecified atom stereocenters. The summed E-state index contributed by atoms with van der Waals surface area (Å²) in [6.07, 6.45) is 1.09. The summed E-state index contributed by atoms with van der Waals surface area (Å²) >= 11 is 0. The van der Waals surface area contributed by atoms with Gasteiger partial charge in [-0.25, -0.2) is 0 Å². The first-order valence-corrected chi connectivity index (χ1v) is 8.21. The fraction of sp³-hybridized carbons (Fsp3) is 0.611. The summed E-state index contributed by atoms with van der Waals surface area (Å²) in [5.41, 5.74) is 1.36. The lowest BCUT2D eigenvalue weighted by Gasteiger charge is -2.25. The molecular formula is C18H32N4. The Morgan fingerprint density at radius 1 is 1.14 bits per heavy atom. The first-order chi connectivity index (χ1) is 10.5. The topological polar surface area (TPSA) is 39.7 Å². The van der Waals surface area contributed by atoms with Crippen molar-refractivity contribution in [1.82, 2.24) is 15.5 Å². The molecule has 0 heterocycles. The molecule has 0 aliphatic carbocycles. The van der Waals surface area contributed by atoms with Crippen LogP contribution >= 0.6 is 0 Å². The Balaban J connectivity index is 2.28. The van der Waals surface area contributed by atoms with E-state index >= 15 is 0 Å². The lowest BCUT2D eigenvalue weighted by molar-refractivity contribution is 0.238. The molecule has 4 heteroatoms.